The first-order valence-corrected chi connectivity index (χ1v) is 8.27. The lowest BCUT2D eigenvalue weighted by atomic mass is 10.1. The number of fused-ring (bicyclic) bond motifs is 1. The number of amides is 1. The van der Waals surface area contributed by atoms with E-state index in [9.17, 15) is 4.79 Å². The number of carbonyl (C=O) groups is 1. The molecule has 128 valence electrons. The van der Waals surface area contributed by atoms with Crippen LogP contribution in [0.2, 0.25) is 0 Å². The van der Waals surface area contributed by atoms with Crippen LogP contribution in [-0.2, 0) is 0 Å². The predicted octanol–water partition coefficient (Wildman–Crippen LogP) is 3.66. The Bertz CT molecular complexity index is 1100. The van der Waals surface area contributed by atoms with Crippen LogP contribution in [0.25, 0.3) is 17.2 Å². The minimum Gasteiger partial charge on any atom is -0.322 e. The van der Waals surface area contributed by atoms with E-state index >= 15 is 0 Å². The fourth-order valence-electron chi connectivity index (χ4n) is 2.79. The highest BCUT2D eigenvalue weighted by Gasteiger charge is 2.11. The van der Waals surface area contributed by atoms with Crippen LogP contribution in [0.4, 0.5) is 5.69 Å². The summed E-state index contributed by atoms with van der Waals surface area (Å²) in [5.41, 5.74) is 4.49. The van der Waals surface area contributed by atoms with Gasteiger partial charge in [0.2, 0.25) is 0 Å². The summed E-state index contributed by atoms with van der Waals surface area (Å²) in [5, 5.41) is 11.2. The maximum absolute atomic E-state index is 12.5. The average molecular weight is 343 g/mol. The van der Waals surface area contributed by atoms with E-state index in [0.29, 0.717) is 17.2 Å². The molecule has 4 aromatic rings. The molecular formula is C20H17N5O. The Kier molecular flexibility index (Phi) is 3.93. The molecule has 0 fully saturated rings. The van der Waals surface area contributed by atoms with Crippen LogP contribution in [0.1, 0.15) is 21.5 Å². The smallest absolute Gasteiger partial charge is 0.255 e. The van der Waals surface area contributed by atoms with Crippen LogP contribution in [-0.4, -0.2) is 25.5 Å². The molecule has 0 aliphatic heterocycles. The molecule has 0 saturated carbocycles. The van der Waals surface area contributed by atoms with Gasteiger partial charge >= 0.3 is 0 Å². The summed E-state index contributed by atoms with van der Waals surface area (Å²) in [7, 11) is 0. The van der Waals surface area contributed by atoms with E-state index in [-0.39, 0.29) is 5.91 Å². The Morgan fingerprint density at radius 2 is 1.81 bits per heavy atom. The van der Waals surface area contributed by atoms with Crippen molar-refractivity contribution in [2.75, 3.05) is 5.32 Å². The zero-order chi connectivity index (χ0) is 18.1. The molecule has 2 aromatic carbocycles. The zero-order valence-electron chi connectivity index (χ0n) is 14.5. The molecule has 0 atom stereocenters. The van der Waals surface area contributed by atoms with Gasteiger partial charge in [0, 0.05) is 29.2 Å². The van der Waals surface area contributed by atoms with Gasteiger partial charge in [-0.25, -0.2) is 4.98 Å². The molecule has 1 amide bonds. The van der Waals surface area contributed by atoms with Crippen LogP contribution in [0.5, 0.6) is 0 Å². The van der Waals surface area contributed by atoms with Gasteiger partial charge in [-0.2, -0.15) is 0 Å². The van der Waals surface area contributed by atoms with Crippen molar-refractivity contribution in [3.05, 3.63) is 77.6 Å². The number of aromatic nitrogens is 4. The summed E-state index contributed by atoms with van der Waals surface area (Å²) in [6.45, 7) is 4.02. The number of aryl methyl sites for hydroxylation is 1. The monoisotopic (exact) mass is 343 g/mol. The predicted molar refractivity (Wildman–Crippen MR) is 100 cm³/mol. The third-order valence-corrected chi connectivity index (χ3v) is 4.45. The summed E-state index contributed by atoms with van der Waals surface area (Å²) in [6, 6.07) is 15.0. The van der Waals surface area contributed by atoms with Gasteiger partial charge in [0.15, 0.2) is 5.82 Å². The number of rotatable bonds is 3. The lowest BCUT2D eigenvalue weighted by molar-refractivity contribution is 0.102. The second-order valence-electron chi connectivity index (χ2n) is 6.09. The Morgan fingerprint density at radius 3 is 2.62 bits per heavy atom. The molecule has 2 aromatic heterocycles. The molecule has 0 aliphatic rings. The van der Waals surface area contributed by atoms with Gasteiger partial charge in [0.05, 0.1) is 0 Å². The van der Waals surface area contributed by atoms with E-state index in [4.69, 9.17) is 0 Å². The summed E-state index contributed by atoms with van der Waals surface area (Å²) in [5.74, 6) is 1.09. The van der Waals surface area contributed by atoms with Crippen LogP contribution in [0, 0.1) is 13.8 Å². The largest absolute Gasteiger partial charge is 0.322 e. The summed E-state index contributed by atoms with van der Waals surface area (Å²) >= 11 is 0. The van der Waals surface area contributed by atoms with Crippen LogP contribution in [0.3, 0.4) is 0 Å². The van der Waals surface area contributed by atoms with Crippen LogP contribution >= 0.6 is 0 Å². The second kappa shape index (κ2) is 6.40. The molecule has 0 radical (unpaired) electrons. The van der Waals surface area contributed by atoms with Gasteiger partial charge in [-0.15, -0.1) is 10.2 Å². The Labute approximate surface area is 150 Å². The van der Waals surface area contributed by atoms with E-state index in [1.807, 2.05) is 60.8 Å². The number of nitrogens with one attached hydrogen (secondary N) is 1. The minimum atomic E-state index is -0.141. The molecule has 0 bridgehead atoms. The molecule has 6 heteroatoms. The number of anilines is 1. The van der Waals surface area contributed by atoms with Crippen molar-refractivity contribution >= 4 is 17.4 Å². The number of benzene rings is 2. The van der Waals surface area contributed by atoms with Crippen molar-refractivity contribution in [3.8, 4) is 11.4 Å². The molecule has 1 N–H and O–H groups in total. The van der Waals surface area contributed by atoms with Crippen molar-refractivity contribution in [3.63, 3.8) is 0 Å². The third-order valence-electron chi connectivity index (χ3n) is 4.45. The highest BCUT2D eigenvalue weighted by atomic mass is 16.1. The summed E-state index contributed by atoms with van der Waals surface area (Å²) in [6.07, 6.45) is 3.54. The van der Waals surface area contributed by atoms with Crippen molar-refractivity contribution in [1.29, 1.82) is 0 Å². The highest BCUT2D eigenvalue weighted by Crippen LogP contribution is 2.21. The maximum atomic E-state index is 12.5. The first-order chi connectivity index (χ1) is 12.6. The van der Waals surface area contributed by atoms with Crippen molar-refractivity contribution in [2.24, 2.45) is 0 Å². The Hall–Kier alpha value is -3.54. The fraction of sp³-hybridized carbons (Fsp3) is 0.100. The minimum absolute atomic E-state index is 0.141. The molecule has 0 saturated heterocycles. The zero-order valence-corrected chi connectivity index (χ0v) is 14.5. The lowest BCUT2D eigenvalue weighted by Crippen LogP contribution is -2.13. The first kappa shape index (κ1) is 16.0. The quantitative estimate of drug-likeness (QED) is 0.616. The molecular weight excluding hydrogens is 326 g/mol. The third kappa shape index (κ3) is 2.82. The molecule has 0 aliphatic carbocycles. The fourth-order valence-corrected chi connectivity index (χ4v) is 2.79. The van der Waals surface area contributed by atoms with Gasteiger partial charge < -0.3 is 5.32 Å². The van der Waals surface area contributed by atoms with Crippen LogP contribution in [0.15, 0.2) is 60.9 Å². The van der Waals surface area contributed by atoms with E-state index < -0.39 is 0 Å². The second-order valence-corrected chi connectivity index (χ2v) is 6.09. The van der Waals surface area contributed by atoms with E-state index in [2.05, 4.69) is 20.5 Å². The molecule has 0 unspecified atom stereocenters. The normalized spacial score (nSPS) is 10.8. The Morgan fingerprint density at radius 1 is 1.00 bits per heavy atom. The van der Waals surface area contributed by atoms with E-state index in [0.717, 1.165) is 22.4 Å². The van der Waals surface area contributed by atoms with Crippen LogP contribution < -0.4 is 5.32 Å². The topological polar surface area (TPSA) is 72.2 Å². The molecule has 4 rings (SSSR count). The Balaban J connectivity index is 1.59. The molecule has 6 nitrogen and oxygen atoms in total. The van der Waals surface area contributed by atoms with Crippen molar-refractivity contribution in [2.45, 2.75) is 13.8 Å². The van der Waals surface area contributed by atoms with Crippen molar-refractivity contribution < 1.29 is 4.79 Å². The van der Waals surface area contributed by atoms with Crippen molar-refractivity contribution in [1.82, 2.24) is 19.6 Å². The number of hydrogen-bond acceptors (Lipinski definition) is 4. The molecule has 2 heterocycles. The van der Waals surface area contributed by atoms with E-state index in [1.54, 1.807) is 18.3 Å². The standard InChI is InChI=1S/C20H17N5O/c1-13-5-3-6-17(14(13)2)22-19(26)16-9-7-15(8-10-16)18-23-24-20-21-11-4-12-25(18)20/h3-12H,1-2H3,(H,22,26). The number of carbonyl (C=O) groups excluding carboxylic acids is 1. The number of hydrogen-bond donors (Lipinski definition) is 1. The van der Waals surface area contributed by atoms with Gasteiger partial charge in [-0.1, -0.05) is 24.3 Å². The summed E-state index contributed by atoms with van der Waals surface area (Å²) in [4.78, 5) is 16.7. The average Bonchev–Trinajstić information content (AvgIpc) is 3.10. The summed E-state index contributed by atoms with van der Waals surface area (Å²) < 4.78 is 1.81. The SMILES string of the molecule is Cc1cccc(NC(=O)c2ccc(-c3nnc4ncccn34)cc2)c1C. The van der Waals surface area contributed by atoms with Gasteiger partial charge in [0.25, 0.3) is 11.7 Å². The lowest BCUT2D eigenvalue weighted by Gasteiger charge is -2.10. The van der Waals surface area contributed by atoms with Gasteiger partial charge in [0.1, 0.15) is 0 Å². The molecule has 0 spiro atoms. The highest BCUT2D eigenvalue weighted by molar-refractivity contribution is 6.04. The van der Waals surface area contributed by atoms with Gasteiger partial charge in [-0.05, 0) is 49.2 Å². The van der Waals surface area contributed by atoms with Gasteiger partial charge in [-0.3, -0.25) is 9.20 Å². The number of nitrogens with zero attached hydrogens (tertiary/aromatic N) is 4. The first-order valence-electron chi connectivity index (χ1n) is 8.27. The molecule has 26 heavy (non-hydrogen) atoms. The maximum Gasteiger partial charge on any atom is 0.255 e. The van der Waals surface area contributed by atoms with E-state index in [1.165, 1.54) is 0 Å².